The minimum Gasteiger partial charge on any atom is -0.381 e. The predicted molar refractivity (Wildman–Crippen MR) is 52.7 cm³/mol. The molecule has 4 heteroatoms. The molecule has 1 heterocycles. The Labute approximate surface area is 79.6 Å². The average Bonchev–Trinajstić information content (AvgIpc) is 2.15. The van der Waals surface area contributed by atoms with Crippen molar-refractivity contribution >= 4 is 5.96 Å². The normalized spacial score (nSPS) is 19.0. The van der Waals surface area contributed by atoms with Crippen LogP contribution in [0.1, 0.15) is 19.8 Å². The molecule has 0 amide bonds. The maximum Gasteiger partial charge on any atom is 0.188 e. The topological polar surface area (TPSA) is 62.3 Å². The molecule has 1 saturated heterocycles. The average molecular weight is 185 g/mol. The summed E-state index contributed by atoms with van der Waals surface area (Å²) in [5.74, 6) is 0.866. The zero-order chi connectivity index (χ0) is 9.68. The summed E-state index contributed by atoms with van der Waals surface area (Å²) in [6, 6.07) is 0. The van der Waals surface area contributed by atoms with Gasteiger partial charge in [0, 0.05) is 26.3 Å². The lowest BCUT2D eigenvalue weighted by molar-refractivity contribution is 0.0865. The van der Waals surface area contributed by atoms with Gasteiger partial charge in [0.1, 0.15) is 0 Å². The van der Waals surface area contributed by atoms with E-state index in [1.54, 1.807) is 0 Å². The fourth-order valence-electron chi connectivity index (χ4n) is 1.63. The first-order chi connectivity index (χ1) is 6.24. The van der Waals surface area contributed by atoms with Gasteiger partial charge in [0.15, 0.2) is 5.96 Å². The number of hydrogen-bond acceptors (Lipinski definition) is 2. The van der Waals surface area contributed by atoms with Gasteiger partial charge >= 0.3 is 0 Å². The maximum atomic E-state index is 7.27. The molecule has 0 aromatic rings. The van der Waals surface area contributed by atoms with Gasteiger partial charge in [-0.3, -0.25) is 5.41 Å². The molecule has 0 atom stereocenters. The van der Waals surface area contributed by atoms with E-state index in [4.69, 9.17) is 15.9 Å². The molecule has 0 radical (unpaired) electrons. The molecule has 0 unspecified atom stereocenters. The summed E-state index contributed by atoms with van der Waals surface area (Å²) < 4.78 is 5.37. The molecule has 0 aromatic carbocycles. The van der Waals surface area contributed by atoms with Gasteiger partial charge < -0.3 is 15.4 Å². The molecule has 0 bridgehead atoms. The zero-order valence-electron chi connectivity index (χ0n) is 8.25. The molecule has 0 saturated carbocycles. The van der Waals surface area contributed by atoms with Crippen molar-refractivity contribution in [2.24, 2.45) is 11.7 Å². The molecule has 76 valence electrons. The van der Waals surface area contributed by atoms with Crippen molar-refractivity contribution in [2.75, 3.05) is 26.3 Å². The number of nitrogens with two attached hydrogens (primary N) is 1. The van der Waals surface area contributed by atoms with Crippen molar-refractivity contribution < 1.29 is 4.74 Å². The molecule has 1 rings (SSSR count). The Morgan fingerprint density at radius 2 is 2.15 bits per heavy atom. The Balaban J connectivity index is 2.18. The molecular weight excluding hydrogens is 166 g/mol. The maximum absolute atomic E-state index is 7.27. The largest absolute Gasteiger partial charge is 0.381 e. The van der Waals surface area contributed by atoms with Crippen LogP contribution in [0, 0.1) is 11.3 Å². The van der Waals surface area contributed by atoms with Crippen LogP contribution in [-0.4, -0.2) is 37.2 Å². The van der Waals surface area contributed by atoms with Crippen LogP contribution in [0.4, 0.5) is 0 Å². The molecule has 0 aromatic heterocycles. The van der Waals surface area contributed by atoms with Crippen molar-refractivity contribution in [1.29, 1.82) is 5.41 Å². The second-order valence-corrected chi connectivity index (χ2v) is 3.48. The Morgan fingerprint density at radius 1 is 1.54 bits per heavy atom. The Morgan fingerprint density at radius 3 is 2.62 bits per heavy atom. The number of guanidine groups is 1. The van der Waals surface area contributed by atoms with Crippen molar-refractivity contribution in [3.05, 3.63) is 0 Å². The fraction of sp³-hybridized carbons (Fsp3) is 0.889. The third-order valence-corrected chi connectivity index (χ3v) is 2.51. The van der Waals surface area contributed by atoms with E-state index < -0.39 is 0 Å². The van der Waals surface area contributed by atoms with Crippen molar-refractivity contribution in [1.82, 2.24) is 4.90 Å². The van der Waals surface area contributed by atoms with Crippen molar-refractivity contribution in [2.45, 2.75) is 19.8 Å². The van der Waals surface area contributed by atoms with E-state index >= 15 is 0 Å². The second-order valence-electron chi connectivity index (χ2n) is 3.48. The third kappa shape index (κ3) is 3.22. The van der Waals surface area contributed by atoms with Gasteiger partial charge in [-0.05, 0) is 25.7 Å². The summed E-state index contributed by atoms with van der Waals surface area (Å²) >= 11 is 0. The molecular formula is C9H19N3O. The van der Waals surface area contributed by atoms with Gasteiger partial charge in [0.25, 0.3) is 0 Å². The summed E-state index contributed by atoms with van der Waals surface area (Å²) in [5.41, 5.74) is 5.39. The van der Waals surface area contributed by atoms with Gasteiger partial charge in [-0.2, -0.15) is 0 Å². The van der Waals surface area contributed by atoms with Gasteiger partial charge in [-0.15, -0.1) is 0 Å². The fourth-order valence-corrected chi connectivity index (χ4v) is 1.63. The van der Waals surface area contributed by atoms with Crippen LogP contribution in [0.25, 0.3) is 0 Å². The highest BCUT2D eigenvalue weighted by atomic mass is 16.5. The van der Waals surface area contributed by atoms with Crippen LogP contribution in [0.3, 0.4) is 0 Å². The summed E-state index contributed by atoms with van der Waals surface area (Å²) in [6.45, 7) is 5.50. The lowest BCUT2D eigenvalue weighted by Gasteiger charge is -2.31. The number of nitrogens with zero attached hydrogens (tertiary/aromatic N) is 1. The Bertz CT molecular complexity index is 164. The highest BCUT2D eigenvalue weighted by Crippen LogP contribution is 2.16. The van der Waals surface area contributed by atoms with E-state index in [1.807, 2.05) is 11.8 Å². The van der Waals surface area contributed by atoms with E-state index in [1.165, 1.54) is 0 Å². The van der Waals surface area contributed by atoms with Crippen LogP contribution in [0.15, 0.2) is 0 Å². The summed E-state index contributed by atoms with van der Waals surface area (Å²) in [7, 11) is 0. The van der Waals surface area contributed by atoms with Gasteiger partial charge in [0.05, 0.1) is 0 Å². The Kier molecular flexibility index (Phi) is 4.02. The van der Waals surface area contributed by atoms with E-state index in [0.29, 0.717) is 5.92 Å². The van der Waals surface area contributed by atoms with Gasteiger partial charge in [-0.1, -0.05) is 0 Å². The Hall–Kier alpha value is -0.770. The lowest BCUT2D eigenvalue weighted by atomic mass is 9.98. The summed E-state index contributed by atoms with van der Waals surface area (Å²) in [6.07, 6.45) is 2.19. The SMILES string of the molecule is CCOCC1CCN(C(=N)N)CC1. The first-order valence-corrected chi connectivity index (χ1v) is 4.90. The summed E-state index contributed by atoms with van der Waals surface area (Å²) in [5, 5.41) is 7.27. The number of hydrogen-bond donors (Lipinski definition) is 2. The number of ether oxygens (including phenoxy) is 1. The first kappa shape index (κ1) is 10.3. The third-order valence-electron chi connectivity index (χ3n) is 2.51. The molecule has 0 aliphatic carbocycles. The van der Waals surface area contributed by atoms with Crippen LogP contribution in [0.5, 0.6) is 0 Å². The first-order valence-electron chi connectivity index (χ1n) is 4.90. The molecule has 0 spiro atoms. The van der Waals surface area contributed by atoms with E-state index in [-0.39, 0.29) is 5.96 Å². The standard InChI is InChI=1S/C9H19N3O/c1-2-13-7-8-3-5-12(6-4-8)9(10)11/h8H,2-7H2,1H3,(H3,10,11). The summed E-state index contributed by atoms with van der Waals surface area (Å²) in [4.78, 5) is 1.92. The van der Waals surface area contributed by atoms with E-state index in [2.05, 4.69) is 0 Å². The van der Waals surface area contributed by atoms with Crippen molar-refractivity contribution in [3.63, 3.8) is 0 Å². The minimum atomic E-state index is 0.204. The predicted octanol–water partition coefficient (Wildman–Crippen LogP) is 0.628. The van der Waals surface area contributed by atoms with Crippen LogP contribution in [-0.2, 0) is 4.74 Å². The quantitative estimate of drug-likeness (QED) is 0.500. The number of rotatable bonds is 3. The number of nitrogens with one attached hydrogen (secondary N) is 1. The van der Waals surface area contributed by atoms with E-state index in [9.17, 15) is 0 Å². The molecule has 1 aliphatic heterocycles. The highest BCUT2D eigenvalue weighted by molar-refractivity contribution is 5.74. The lowest BCUT2D eigenvalue weighted by Crippen LogP contribution is -2.42. The zero-order valence-corrected chi connectivity index (χ0v) is 8.25. The van der Waals surface area contributed by atoms with Crippen LogP contribution >= 0.6 is 0 Å². The van der Waals surface area contributed by atoms with Crippen LogP contribution in [0.2, 0.25) is 0 Å². The monoisotopic (exact) mass is 185 g/mol. The number of likely N-dealkylation sites (tertiary alicyclic amines) is 1. The van der Waals surface area contributed by atoms with Crippen LogP contribution < -0.4 is 5.73 Å². The van der Waals surface area contributed by atoms with E-state index in [0.717, 1.165) is 39.1 Å². The smallest absolute Gasteiger partial charge is 0.188 e. The second kappa shape index (κ2) is 5.07. The van der Waals surface area contributed by atoms with Gasteiger partial charge in [0.2, 0.25) is 0 Å². The minimum absolute atomic E-state index is 0.204. The number of piperidine rings is 1. The van der Waals surface area contributed by atoms with Gasteiger partial charge in [-0.25, -0.2) is 0 Å². The molecule has 1 aliphatic rings. The molecule has 3 N–H and O–H groups in total. The molecule has 1 fully saturated rings. The highest BCUT2D eigenvalue weighted by Gasteiger charge is 2.19. The van der Waals surface area contributed by atoms with Crippen molar-refractivity contribution in [3.8, 4) is 0 Å². The molecule has 4 nitrogen and oxygen atoms in total. The molecule has 13 heavy (non-hydrogen) atoms.